The smallest absolute Gasteiger partial charge is 0.126 e. The van der Waals surface area contributed by atoms with Crippen molar-refractivity contribution < 1.29 is 0 Å². The molecule has 0 bridgehead atoms. The Balaban J connectivity index is 2.23. The van der Waals surface area contributed by atoms with Gasteiger partial charge >= 0.3 is 0 Å². The molecule has 0 saturated carbocycles. The van der Waals surface area contributed by atoms with Gasteiger partial charge in [0.2, 0.25) is 0 Å². The van der Waals surface area contributed by atoms with Gasteiger partial charge in [0, 0.05) is 5.56 Å². The average Bonchev–Trinajstić information content (AvgIpc) is 2.84. The van der Waals surface area contributed by atoms with Crippen molar-refractivity contribution in [3.05, 3.63) is 24.4 Å². The molecule has 0 radical (unpaired) electrons. The fraction of sp³-hybridized carbons (Fsp3) is 0. The molecule has 3 rings (SSSR count). The van der Waals surface area contributed by atoms with Gasteiger partial charge in [-0.15, -0.1) is 5.10 Å². The van der Waals surface area contributed by atoms with Gasteiger partial charge in [-0.1, -0.05) is 10.6 Å². The van der Waals surface area contributed by atoms with Crippen molar-refractivity contribution in [2.45, 2.75) is 0 Å². The molecule has 74 valence electrons. The first-order valence-electron chi connectivity index (χ1n) is 4.36. The maximum absolute atomic E-state index is 5.75. The highest BCUT2D eigenvalue weighted by atomic mass is 32.1. The van der Waals surface area contributed by atoms with E-state index in [1.54, 1.807) is 6.20 Å². The highest BCUT2D eigenvalue weighted by molar-refractivity contribution is 7.12. The number of hydrogen-bond acceptors (Lipinski definition) is 5. The molecule has 0 aliphatic rings. The summed E-state index contributed by atoms with van der Waals surface area (Å²) < 4.78 is 4.93. The number of fused-ring (bicyclic) bond motifs is 1. The number of hydrogen-bond donors (Lipinski definition) is 2. The van der Waals surface area contributed by atoms with E-state index < -0.39 is 0 Å². The van der Waals surface area contributed by atoms with Crippen molar-refractivity contribution >= 4 is 27.6 Å². The van der Waals surface area contributed by atoms with Crippen molar-refractivity contribution in [1.29, 1.82) is 0 Å². The second-order valence-electron chi connectivity index (χ2n) is 3.15. The molecular weight excluding hydrogens is 210 g/mol. The fourth-order valence-corrected chi connectivity index (χ4v) is 2.07. The molecule has 3 aromatic rings. The number of aromatic amines is 1. The van der Waals surface area contributed by atoms with E-state index in [2.05, 4.69) is 19.8 Å². The number of nitrogens with zero attached hydrogens (tertiary/aromatic N) is 3. The highest BCUT2D eigenvalue weighted by Crippen LogP contribution is 2.27. The number of nitrogen functional groups attached to an aromatic ring is 1. The number of benzene rings is 1. The van der Waals surface area contributed by atoms with Crippen molar-refractivity contribution in [2.75, 3.05) is 5.73 Å². The Morgan fingerprint density at radius 1 is 1.33 bits per heavy atom. The van der Waals surface area contributed by atoms with E-state index in [4.69, 9.17) is 5.73 Å². The first kappa shape index (κ1) is 8.37. The molecule has 5 nitrogen and oxygen atoms in total. The lowest BCUT2D eigenvalue weighted by Crippen LogP contribution is -1.87. The van der Waals surface area contributed by atoms with E-state index >= 15 is 0 Å². The third kappa shape index (κ3) is 1.26. The molecule has 0 aliphatic carbocycles. The SMILES string of the molecule is Nc1[nH]ncc1-c1ccc2nnsc2c1. The summed E-state index contributed by atoms with van der Waals surface area (Å²) in [6.07, 6.45) is 1.71. The largest absolute Gasteiger partial charge is 0.384 e. The average molecular weight is 217 g/mol. The number of aromatic nitrogens is 4. The molecule has 0 spiro atoms. The van der Waals surface area contributed by atoms with Crippen LogP contribution in [-0.2, 0) is 0 Å². The van der Waals surface area contributed by atoms with Crippen molar-refractivity contribution in [3.63, 3.8) is 0 Å². The monoisotopic (exact) mass is 217 g/mol. The number of nitrogens with one attached hydrogen (secondary N) is 1. The third-order valence-electron chi connectivity index (χ3n) is 2.23. The summed E-state index contributed by atoms with van der Waals surface area (Å²) in [5.41, 5.74) is 8.59. The van der Waals surface area contributed by atoms with E-state index in [0.29, 0.717) is 5.82 Å². The van der Waals surface area contributed by atoms with Crippen LogP contribution in [0.3, 0.4) is 0 Å². The van der Waals surface area contributed by atoms with Gasteiger partial charge in [0.1, 0.15) is 11.3 Å². The molecule has 1 aromatic carbocycles. The van der Waals surface area contributed by atoms with E-state index in [-0.39, 0.29) is 0 Å². The van der Waals surface area contributed by atoms with Gasteiger partial charge in [-0.05, 0) is 29.2 Å². The summed E-state index contributed by atoms with van der Waals surface area (Å²) in [5.74, 6) is 0.576. The maximum atomic E-state index is 5.75. The van der Waals surface area contributed by atoms with Gasteiger partial charge in [-0.2, -0.15) is 5.10 Å². The Morgan fingerprint density at radius 2 is 2.27 bits per heavy atom. The second kappa shape index (κ2) is 3.03. The molecule has 0 aliphatic heterocycles. The Morgan fingerprint density at radius 3 is 3.07 bits per heavy atom. The van der Waals surface area contributed by atoms with Crippen LogP contribution in [0.25, 0.3) is 21.3 Å². The van der Waals surface area contributed by atoms with Gasteiger partial charge in [0.05, 0.1) is 10.9 Å². The Labute approximate surface area is 89.1 Å². The molecular formula is C9H7N5S. The molecule has 15 heavy (non-hydrogen) atoms. The zero-order chi connectivity index (χ0) is 10.3. The maximum Gasteiger partial charge on any atom is 0.126 e. The predicted octanol–water partition coefficient (Wildman–Crippen LogP) is 1.66. The van der Waals surface area contributed by atoms with Crippen LogP contribution in [0.2, 0.25) is 0 Å². The first-order chi connectivity index (χ1) is 7.34. The Kier molecular flexibility index (Phi) is 1.69. The first-order valence-corrected chi connectivity index (χ1v) is 5.13. The number of nitrogens with two attached hydrogens (primary N) is 1. The molecule has 0 fully saturated rings. The van der Waals surface area contributed by atoms with Gasteiger partial charge in [-0.25, -0.2) is 0 Å². The van der Waals surface area contributed by atoms with E-state index in [0.717, 1.165) is 21.3 Å². The van der Waals surface area contributed by atoms with Crippen LogP contribution in [0.4, 0.5) is 5.82 Å². The van der Waals surface area contributed by atoms with Crippen LogP contribution >= 0.6 is 11.5 Å². The number of H-pyrrole nitrogens is 1. The minimum absolute atomic E-state index is 0.576. The minimum Gasteiger partial charge on any atom is -0.384 e. The number of rotatable bonds is 1. The molecule has 2 aromatic heterocycles. The van der Waals surface area contributed by atoms with Crippen LogP contribution in [-0.4, -0.2) is 19.8 Å². The summed E-state index contributed by atoms with van der Waals surface area (Å²) in [6.45, 7) is 0. The van der Waals surface area contributed by atoms with Gasteiger partial charge in [0.15, 0.2) is 0 Å². The second-order valence-corrected chi connectivity index (χ2v) is 3.94. The Bertz CT molecular complexity index is 612. The zero-order valence-electron chi connectivity index (χ0n) is 7.64. The number of anilines is 1. The summed E-state index contributed by atoms with van der Waals surface area (Å²) in [6, 6.07) is 5.91. The van der Waals surface area contributed by atoms with E-state index in [1.165, 1.54) is 11.5 Å². The lowest BCUT2D eigenvalue weighted by molar-refractivity contribution is 1.10. The van der Waals surface area contributed by atoms with Crippen molar-refractivity contribution in [1.82, 2.24) is 19.8 Å². The molecule has 0 unspecified atom stereocenters. The summed E-state index contributed by atoms with van der Waals surface area (Å²) in [7, 11) is 0. The summed E-state index contributed by atoms with van der Waals surface area (Å²) in [5, 5.41) is 10.6. The van der Waals surface area contributed by atoms with E-state index in [1.807, 2.05) is 18.2 Å². The van der Waals surface area contributed by atoms with Crippen LogP contribution in [0.1, 0.15) is 0 Å². The Hall–Kier alpha value is -1.95. The molecule has 2 heterocycles. The zero-order valence-corrected chi connectivity index (χ0v) is 8.45. The molecule has 0 amide bonds. The van der Waals surface area contributed by atoms with Crippen molar-refractivity contribution in [3.8, 4) is 11.1 Å². The van der Waals surface area contributed by atoms with E-state index in [9.17, 15) is 0 Å². The van der Waals surface area contributed by atoms with Crippen LogP contribution in [0.15, 0.2) is 24.4 Å². The van der Waals surface area contributed by atoms with Crippen LogP contribution in [0.5, 0.6) is 0 Å². The van der Waals surface area contributed by atoms with Crippen LogP contribution in [0, 0.1) is 0 Å². The van der Waals surface area contributed by atoms with Gasteiger partial charge in [-0.3, -0.25) is 5.10 Å². The van der Waals surface area contributed by atoms with Gasteiger partial charge in [0.25, 0.3) is 0 Å². The predicted molar refractivity (Wildman–Crippen MR) is 59.4 cm³/mol. The molecule has 0 atom stereocenters. The highest BCUT2D eigenvalue weighted by Gasteiger charge is 2.06. The topological polar surface area (TPSA) is 80.5 Å². The lowest BCUT2D eigenvalue weighted by Gasteiger charge is -1.97. The van der Waals surface area contributed by atoms with Gasteiger partial charge < -0.3 is 5.73 Å². The quantitative estimate of drug-likeness (QED) is 0.649. The standard InChI is InChI=1S/C9H7N5S/c10-9-6(4-11-13-9)5-1-2-7-8(3-5)15-14-12-7/h1-4H,(H3,10,11,13). The third-order valence-corrected chi connectivity index (χ3v) is 2.91. The molecule has 0 saturated heterocycles. The minimum atomic E-state index is 0.576. The summed E-state index contributed by atoms with van der Waals surface area (Å²) >= 11 is 1.37. The van der Waals surface area contributed by atoms with Crippen LogP contribution < -0.4 is 5.73 Å². The lowest BCUT2D eigenvalue weighted by atomic mass is 10.1. The van der Waals surface area contributed by atoms with Crippen molar-refractivity contribution in [2.24, 2.45) is 0 Å². The molecule has 3 N–H and O–H groups in total. The fourth-order valence-electron chi connectivity index (χ4n) is 1.47. The molecule has 6 heteroatoms. The normalized spacial score (nSPS) is 10.9. The summed E-state index contributed by atoms with van der Waals surface area (Å²) in [4.78, 5) is 0.